The number of aromatic nitrogens is 3. The van der Waals surface area contributed by atoms with Crippen molar-refractivity contribution < 1.29 is 5.11 Å². The van der Waals surface area contributed by atoms with E-state index in [1.807, 2.05) is 18.2 Å². The van der Waals surface area contributed by atoms with Crippen LogP contribution in [-0.2, 0) is 6.42 Å². The Morgan fingerprint density at radius 2 is 1.49 bits per heavy atom. The maximum Gasteiger partial charge on any atom is 0.160 e. The quantitative estimate of drug-likeness (QED) is 0.472. The Kier molecular flexibility index (Phi) is 7.05. The molecular formula is C31H43N7O. The molecule has 208 valence electrons. The summed E-state index contributed by atoms with van der Waals surface area (Å²) >= 11 is 0. The monoisotopic (exact) mass is 529 g/mol. The minimum Gasteiger partial charge on any atom is -0.507 e. The van der Waals surface area contributed by atoms with Gasteiger partial charge in [0.15, 0.2) is 5.65 Å². The molecule has 7 rings (SSSR count). The van der Waals surface area contributed by atoms with E-state index in [2.05, 4.69) is 48.2 Å². The fourth-order valence-corrected chi connectivity index (χ4v) is 8.05. The number of phenolic OH excluding ortho intramolecular Hbond substituents is 1. The van der Waals surface area contributed by atoms with Crippen LogP contribution in [0.1, 0.15) is 62.7 Å². The minimum atomic E-state index is 0.245. The number of nitrogens with zero attached hydrogens (tertiary/aromatic N) is 5. The summed E-state index contributed by atoms with van der Waals surface area (Å²) in [4.78, 5) is 11.9. The largest absolute Gasteiger partial charge is 0.507 e. The molecule has 2 aromatic heterocycles. The lowest BCUT2D eigenvalue weighted by Gasteiger charge is -2.47. The highest BCUT2D eigenvalue weighted by Crippen LogP contribution is 2.40. The highest BCUT2D eigenvalue weighted by molar-refractivity contribution is 5.86. The van der Waals surface area contributed by atoms with Gasteiger partial charge in [-0.2, -0.15) is 0 Å². The van der Waals surface area contributed by atoms with Crippen LogP contribution >= 0.6 is 0 Å². The van der Waals surface area contributed by atoms with Gasteiger partial charge in [0.2, 0.25) is 0 Å². The van der Waals surface area contributed by atoms with Crippen LogP contribution in [0.4, 0.5) is 0 Å². The number of piperazine rings is 1. The lowest BCUT2D eigenvalue weighted by atomic mass is 9.86. The van der Waals surface area contributed by atoms with E-state index in [4.69, 9.17) is 0 Å². The molecule has 1 aliphatic carbocycles. The zero-order valence-corrected chi connectivity index (χ0v) is 23.3. The lowest BCUT2D eigenvalue weighted by molar-refractivity contribution is 0.0280. The van der Waals surface area contributed by atoms with Gasteiger partial charge in [-0.05, 0) is 82.3 Å². The van der Waals surface area contributed by atoms with Gasteiger partial charge < -0.3 is 15.4 Å². The van der Waals surface area contributed by atoms with E-state index < -0.39 is 0 Å². The molecule has 1 saturated carbocycles. The van der Waals surface area contributed by atoms with Crippen LogP contribution in [0.25, 0.3) is 22.3 Å². The van der Waals surface area contributed by atoms with Crippen LogP contribution in [-0.4, -0.2) is 98.9 Å². The van der Waals surface area contributed by atoms with E-state index in [-0.39, 0.29) is 5.75 Å². The van der Waals surface area contributed by atoms with Gasteiger partial charge in [-0.3, -0.25) is 14.7 Å². The van der Waals surface area contributed by atoms with Crippen molar-refractivity contribution in [2.45, 2.75) is 76.0 Å². The fourth-order valence-electron chi connectivity index (χ4n) is 8.05. The third-order valence-electron chi connectivity index (χ3n) is 10.2. The second-order valence-corrected chi connectivity index (χ2v) is 12.2. The summed E-state index contributed by atoms with van der Waals surface area (Å²) in [5, 5.41) is 24.0. The molecule has 0 radical (unpaired) electrons. The van der Waals surface area contributed by atoms with Gasteiger partial charge in [-0.1, -0.05) is 12.1 Å². The number of piperidine rings is 1. The standard InChI is InChI=1S/C31H43N7O/c1-21-30-26-20-28(25-4-2-3-5-29(25)39)34-35-31(26)33-27(30)12-15-38(21)24-8-6-22(7-9-24)36-16-18-37(19-17-36)23-10-13-32-14-11-23/h2-5,20-24,32,39H,6-19H2,1H3,(H,33,35)/t21-,22-,24+/m1/s1. The SMILES string of the molecule is C[C@@H]1c2c([nH]c3nnc(-c4ccccc4O)cc23)CCN1[C@H]1CC[C@@H](N2CCN(C3CCNCC3)CC2)CC1. The average Bonchev–Trinajstić information content (AvgIpc) is 3.37. The Morgan fingerprint density at radius 1 is 0.821 bits per heavy atom. The van der Waals surface area contributed by atoms with E-state index >= 15 is 0 Å². The minimum absolute atomic E-state index is 0.245. The molecule has 1 atom stereocenters. The summed E-state index contributed by atoms with van der Waals surface area (Å²) in [6.07, 6.45) is 8.91. The molecule has 0 unspecified atom stereocenters. The van der Waals surface area contributed by atoms with E-state index in [1.165, 1.54) is 89.1 Å². The normalized spacial score (nSPS) is 28.1. The van der Waals surface area contributed by atoms with Gasteiger partial charge in [-0.15, -0.1) is 10.2 Å². The van der Waals surface area contributed by atoms with Crippen molar-refractivity contribution in [3.63, 3.8) is 0 Å². The van der Waals surface area contributed by atoms with E-state index in [0.29, 0.717) is 12.1 Å². The molecule has 0 spiro atoms. The van der Waals surface area contributed by atoms with E-state index in [0.717, 1.165) is 47.3 Å². The third kappa shape index (κ3) is 4.86. The first-order valence-corrected chi connectivity index (χ1v) is 15.3. The molecule has 39 heavy (non-hydrogen) atoms. The number of aromatic amines is 1. The summed E-state index contributed by atoms with van der Waals surface area (Å²) in [5.41, 5.74) is 5.00. The van der Waals surface area contributed by atoms with Crippen molar-refractivity contribution in [3.05, 3.63) is 41.6 Å². The maximum absolute atomic E-state index is 10.4. The van der Waals surface area contributed by atoms with Gasteiger partial charge in [-0.25, -0.2) is 0 Å². The molecule has 1 aromatic carbocycles. The molecule has 8 nitrogen and oxygen atoms in total. The first kappa shape index (κ1) is 25.4. The molecule has 8 heteroatoms. The first-order valence-electron chi connectivity index (χ1n) is 15.3. The van der Waals surface area contributed by atoms with Crippen LogP contribution in [0.2, 0.25) is 0 Å². The smallest absolute Gasteiger partial charge is 0.160 e. The number of para-hydroxylation sites is 1. The Hall–Kier alpha value is -2.52. The van der Waals surface area contributed by atoms with Gasteiger partial charge in [0, 0.05) is 80.0 Å². The maximum atomic E-state index is 10.4. The number of fused-ring (bicyclic) bond motifs is 3. The molecule has 5 heterocycles. The molecular weight excluding hydrogens is 486 g/mol. The number of benzene rings is 1. The predicted molar refractivity (Wildman–Crippen MR) is 155 cm³/mol. The van der Waals surface area contributed by atoms with Crippen LogP contribution in [0.3, 0.4) is 0 Å². The van der Waals surface area contributed by atoms with Gasteiger partial charge in [0.25, 0.3) is 0 Å². The molecule has 3 aliphatic heterocycles. The van der Waals surface area contributed by atoms with Crippen molar-refractivity contribution in [2.24, 2.45) is 0 Å². The van der Waals surface area contributed by atoms with Gasteiger partial charge in [0.05, 0.1) is 5.69 Å². The highest BCUT2D eigenvalue weighted by Gasteiger charge is 2.36. The Morgan fingerprint density at radius 3 is 2.21 bits per heavy atom. The van der Waals surface area contributed by atoms with E-state index in [1.54, 1.807) is 6.07 Å². The van der Waals surface area contributed by atoms with Crippen LogP contribution in [0, 0.1) is 0 Å². The summed E-state index contributed by atoms with van der Waals surface area (Å²) in [5.74, 6) is 0.245. The second kappa shape index (κ2) is 10.8. The van der Waals surface area contributed by atoms with Crippen LogP contribution in [0.5, 0.6) is 5.75 Å². The lowest BCUT2D eigenvalue weighted by Crippen LogP contribution is -2.56. The molecule has 0 amide bonds. The van der Waals surface area contributed by atoms with Crippen LogP contribution < -0.4 is 5.32 Å². The summed E-state index contributed by atoms with van der Waals surface area (Å²) in [6, 6.07) is 12.1. The number of phenols is 1. The Bertz CT molecular complexity index is 1290. The molecule has 0 bridgehead atoms. The van der Waals surface area contributed by atoms with Crippen molar-refractivity contribution >= 4 is 11.0 Å². The summed E-state index contributed by atoms with van der Waals surface area (Å²) in [7, 11) is 0. The molecule has 4 aliphatic rings. The number of H-pyrrole nitrogens is 1. The van der Waals surface area contributed by atoms with Crippen molar-refractivity contribution in [2.75, 3.05) is 45.8 Å². The van der Waals surface area contributed by atoms with Crippen molar-refractivity contribution in [1.29, 1.82) is 0 Å². The zero-order valence-electron chi connectivity index (χ0n) is 23.3. The number of hydrogen-bond donors (Lipinski definition) is 3. The van der Waals surface area contributed by atoms with Crippen LogP contribution in [0.15, 0.2) is 30.3 Å². The molecule has 3 N–H and O–H groups in total. The Labute approximate surface area is 231 Å². The summed E-state index contributed by atoms with van der Waals surface area (Å²) in [6.45, 7) is 10.9. The average molecular weight is 530 g/mol. The molecule has 3 aromatic rings. The van der Waals surface area contributed by atoms with Crippen molar-refractivity contribution in [3.8, 4) is 17.0 Å². The third-order valence-corrected chi connectivity index (χ3v) is 10.2. The molecule has 3 fully saturated rings. The first-order chi connectivity index (χ1) is 19.2. The zero-order chi connectivity index (χ0) is 26.3. The number of rotatable bonds is 4. The summed E-state index contributed by atoms with van der Waals surface area (Å²) < 4.78 is 0. The van der Waals surface area contributed by atoms with Gasteiger partial charge in [0.1, 0.15) is 5.75 Å². The highest BCUT2D eigenvalue weighted by atomic mass is 16.3. The number of hydrogen-bond acceptors (Lipinski definition) is 7. The van der Waals surface area contributed by atoms with E-state index in [9.17, 15) is 5.11 Å². The fraction of sp³-hybridized carbons (Fsp3) is 0.613. The number of aromatic hydroxyl groups is 1. The Balaban J connectivity index is 1.01. The van der Waals surface area contributed by atoms with Gasteiger partial charge >= 0.3 is 0 Å². The molecule has 2 saturated heterocycles. The number of nitrogens with one attached hydrogen (secondary N) is 2. The second-order valence-electron chi connectivity index (χ2n) is 12.2. The topological polar surface area (TPSA) is 83.5 Å². The van der Waals surface area contributed by atoms with Crippen molar-refractivity contribution in [1.82, 2.24) is 35.2 Å². The predicted octanol–water partition coefficient (Wildman–Crippen LogP) is 3.93.